The lowest BCUT2D eigenvalue weighted by molar-refractivity contribution is -0.121. The van der Waals surface area contributed by atoms with Gasteiger partial charge >= 0.3 is 6.61 Å². The molecule has 1 aliphatic rings. The first-order chi connectivity index (χ1) is 11.5. The van der Waals surface area contributed by atoms with E-state index in [2.05, 4.69) is 22.3 Å². The zero-order chi connectivity index (χ0) is 17.5. The van der Waals surface area contributed by atoms with Crippen LogP contribution in [0.5, 0.6) is 5.75 Å². The van der Waals surface area contributed by atoms with Gasteiger partial charge in [-0.1, -0.05) is 19.8 Å². The molecule has 132 valence electrons. The number of hydrogen-bond acceptors (Lipinski definition) is 3. The molecule has 0 aromatic heterocycles. The summed E-state index contributed by atoms with van der Waals surface area (Å²) in [5, 5.41) is 5.47. The number of rotatable bonds is 6. The summed E-state index contributed by atoms with van der Waals surface area (Å²) in [6.07, 6.45) is 4.36. The smallest absolute Gasteiger partial charge is 0.387 e. The lowest BCUT2D eigenvalue weighted by Crippen LogP contribution is -2.45. The van der Waals surface area contributed by atoms with Crippen molar-refractivity contribution in [2.24, 2.45) is 5.92 Å². The molecule has 0 aliphatic heterocycles. The number of benzene rings is 1. The molecule has 0 saturated heterocycles. The van der Waals surface area contributed by atoms with Crippen LogP contribution in [0.15, 0.2) is 24.3 Å². The number of hydrogen-bond donors (Lipinski definition) is 2. The molecule has 7 heteroatoms. The summed E-state index contributed by atoms with van der Waals surface area (Å²) >= 11 is 0. The van der Waals surface area contributed by atoms with Crippen LogP contribution in [0.1, 0.15) is 43.0 Å². The molecule has 0 spiro atoms. The van der Waals surface area contributed by atoms with Crippen molar-refractivity contribution < 1.29 is 23.1 Å². The second-order valence-electron chi connectivity index (χ2n) is 6.02. The van der Waals surface area contributed by atoms with Crippen molar-refractivity contribution in [3.05, 3.63) is 29.8 Å². The fourth-order valence-corrected chi connectivity index (χ4v) is 2.84. The molecule has 0 unspecified atom stereocenters. The monoisotopic (exact) mass is 340 g/mol. The molecule has 0 heterocycles. The number of amides is 2. The first-order valence-corrected chi connectivity index (χ1v) is 8.08. The lowest BCUT2D eigenvalue weighted by atomic mass is 9.86. The maximum Gasteiger partial charge on any atom is 0.387 e. The Morgan fingerprint density at radius 2 is 1.88 bits per heavy atom. The second-order valence-corrected chi connectivity index (χ2v) is 6.02. The van der Waals surface area contributed by atoms with E-state index in [4.69, 9.17) is 0 Å². The van der Waals surface area contributed by atoms with Gasteiger partial charge in [0.1, 0.15) is 5.75 Å². The maximum absolute atomic E-state index is 12.1. The van der Waals surface area contributed by atoms with Crippen LogP contribution in [0.2, 0.25) is 0 Å². The molecule has 1 aromatic rings. The molecule has 0 bridgehead atoms. The SMILES string of the molecule is C[C@@H]1CCCC[C@@H]1NC(=O)CNC(=O)c1ccc(OC(F)F)cc1. The molecule has 2 N–H and O–H groups in total. The number of halogens is 2. The third-order valence-electron chi connectivity index (χ3n) is 4.21. The quantitative estimate of drug-likeness (QED) is 0.837. The number of carbonyl (C=O) groups is 2. The van der Waals surface area contributed by atoms with Gasteiger partial charge in [0, 0.05) is 11.6 Å². The Balaban J connectivity index is 1.78. The predicted molar refractivity (Wildman–Crippen MR) is 85.0 cm³/mol. The molecule has 2 amide bonds. The number of ether oxygens (including phenoxy) is 1. The fourth-order valence-electron chi connectivity index (χ4n) is 2.84. The van der Waals surface area contributed by atoms with Crippen molar-refractivity contribution in [3.63, 3.8) is 0 Å². The molecule has 1 saturated carbocycles. The summed E-state index contributed by atoms with van der Waals surface area (Å²) in [5.74, 6) is -0.239. The molecule has 1 aromatic carbocycles. The summed E-state index contributed by atoms with van der Waals surface area (Å²) in [6, 6.07) is 5.46. The van der Waals surface area contributed by atoms with E-state index in [1.54, 1.807) is 0 Å². The van der Waals surface area contributed by atoms with E-state index in [1.165, 1.54) is 30.7 Å². The van der Waals surface area contributed by atoms with E-state index in [1.807, 2.05) is 0 Å². The molecule has 24 heavy (non-hydrogen) atoms. The van der Waals surface area contributed by atoms with Gasteiger partial charge in [0.25, 0.3) is 5.91 Å². The van der Waals surface area contributed by atoms with E-state index in [0.717, 1.165) is 19.3 Å². The molecule has 2 rings (SSSR count). The lowest BCUT2D eigenvalue weighted by Gasteiger charge is -2.29. The Labute approximate surface area is 139 Å². The van der Waals surface area contributed by atoms with E-state index < -0.39 is 12.5 Å². The molecule has 1 fully saturated rings. The Bertz CT molecular complexity index is 563. The molecule has 2 atom stereocenters. The molecule has 5 nitrogen and oxygen atoms in total. The van der Waals surface area contributed by atoms with E-state index in [9.17, 15) is 18.4 Å². The van der Waals surface area contributed by atoms with Crippen molar-refractivity contribution in [1.29, 1.82) is 0 Å². The van der Waals surface area contributed by atoms with Gasteiger partial charge in [0.2, 0.25) is 5.91 Å². The molecular formula is C17H22F2N2O3. The zero-order valence-electron chi connectivity index (χ0n) is 13.6. The highest BCUT2D eigenvalue weighted by Gasteiger charge is 2.22. The van der Waals surface area contributed by atoms with Gasteiger partial charge in [0.05, 0.1) is 6.54 Å². The van der Waals surface area contributed by atoms with Gasteiger partial charge in [-0.25, -0.2) is 0 Å². The van der Waals surface area contributed by atoms with E-state index in [-0.39, 0.29) is 29.8 Å². The Morgan fingerprint density at radius 3 is 2.50 bits per heavy atom. The minimum Gasteiger partial charge on any atom is -0.435 e. The van der Waals surface area contributed by atoms with Crippen LogP contribution in [0.3, 0.4) is 0 Å². The van der Waals surface area contributed by atoms with Gasteiger partial charge in [-0.2, -0.15) is 8.78 Å². The summed E-state index contributed by atoms with van der Waals surface area (Å²) in [4.78, 5) is 23.9. The number of alkyl halides is 2. The van der Waals surface area contributed by atoms with Gasteiger partial charge in [0.15, 0.2) is 0 Å². The molecular weight excluding hydrogens is 318 g/mol. The maximum atomic E-state index is 12.1. The highest BCUT2D eigenvalue weighted by molar-refractivity contribution is 5.96. The van der Waals surface area contributed by atoms with Crippen LogP contribution in [-0.2, 0) is 4.79 Å². The number of nitrogens with one attached hydrogen (secondary N) is 2. The normalized spacial score (nSPS) is 20.5. The minimum atomic E-state index is -2.91. The van der Waals surface area contributed by atoms with Gasteiger partial charge in [-0.15, -0.1) is 0 Å². The number of carbonyl (C=O) groups excluding carboxylic acids is 2. The average Bonchev–Trinajstić information content (AvgIpc) is 2.55. The predicted octanol–water partition coefficient (Wildman–Crippen LogP) is 2.71. The van der Waals surface area contributed by atoms with Crippen molar-refractivity contribution >= 4 is 11.8 Å². The van der Waals surface area contributed by atoms with Crippen LogP contribution >= 0.6 is 0 Å². The Kier molecular flexibility index (Phi) is 6.52. The third kappa shape index (κ3) is 5.47. The van der Waals surface area contributed by atoms with Gasteiger partial charge in [-0.05, 0) is 43.0 Å². The first-order valence-electron chi connectivity index (χ1n) is 8.08. The van der Waals surface area contributed by atoms with Crippen molar-refractivity contribution in [3.8, 4) is 5.75 Å². The fraction of sp³-hybridized carbons (Fsp3) is 0.529. The summed E-state index contributed by atoms with van der Waals surface area (Å²) in [5.41, 5.74) is 0.274. The molecule has 0 radical (unpaired) electrons. The van der Waals surface area contributed by atoms with Crippen LogP contribution in [0, 0.1) is 5.92 Å². The average molecular weight is 340 g/mol. The summed E-state index contributed by atoms with van der Waals surface area (Å²) in [7, 11) is 0. The van der Waals surface area contributed by atoms with Crippen LogP contribution in [-0.4, -0.2) is 31.0 Å². The van der Waals surface area contributed by atoms with Crippen molar-refractivity contribution in [1.82, 2.24) is 10.6 Å². The highest BCUT2D eigenvalue weighted by atomic mass is 19.3. The second kappa shape index (κ2) is 8.61. The summed E-state index contributed by atoms with van der Waals surface area (Å²) in [6.45, 7) is -0.904. The topological polar surface area (TPSA) is 67.4 Å². The van der Waals surface area contributed by atoms with Crippen LogP contribution in [0.4, 0.5) is 8.78 Å². The standard InChI is InChI=1S/C17H22F2N2O3/c1-11-4-2-3-5-14(11)21-15(22)10-20-16(23)12-6-8-13(9-7-12)24-17(18)19/h6-9,11,14,17H,2-5,10H2,1H3,(H,20,23)(H,21,22)/t11-,14+/m1/s1. The van der Waals surface area contributed by atoms with E-state index in [0.29, 0.717) is 5.92 Å². The van der Waals surface area contributed by atoms with Crippen molar-refractivity contribution in [2.45, 2.75) is 45.3 Å². The Morgan fingerprint density at radius 1 is 1.21 bits per heavy atom. The third-order valence-corrected chi connectivity index (χ3v) is 4.21. The van der Waals surface area contributed by atoms with Crippen LogP contribution in [0.25, 0.3) is 0 Å². The van der Waals surface area contributed by atoms with Crippen molar-refractivity contribution in [2.75, 3.05) is 6.54 Å². The van der Waals surface area contributed by atoms with Crippen LogP contribution < -0.4 is 15.4 Å². The molecule has 1 aliphatic carbocycles. The van der Waals surface area contributed by atoms with Gasteiger partial charge < -0.3 is 15.4 Å². The summed E-state index contributed by atoms with van der Waals surface area (Å²) < 4.78 is 28.3. The van der Waals surface area contributed by atoms with E-state index >= 15 is 0 Å². The first kappa shape index (κ1) is 18.2. The highest BCUT2D eigenvalue weighted by Crippen LogP contribution is 2.23. The Hall–Kier alpha value is -2.18. The zero-order valence-corrected chi connectivity index (χ0v) is 13.6. The van der Waals surface area contributed by atoms with Gasteiger partial charge in [-0.3, -0.25) is 9.59 Å². The minimum absolute atomic E-state index is 0.0226. The largest absolute Gasteiger partial charge is 0.435 e.